The van der Waals surface area contributed by atoms with Gasteiger partial charge in [0.25, 0.3) is 0 Å². The molecule has 9 nitrogen and oxygen atoms in total. The molecule has 47 heavy (non-hydrogen) atoms. The first-order chi connectivity index (χ1) is 22.9. The Balaban J connectivity index is 1.30. The van der Waals surface area contributed by atoms with Crippen LogP contribution in [-0.2, 0) is 0 Å². The number of halogens is 2. The van der Waals surface area contributed by atoms with Gasteiger partial charge in [-0.25, -0.2) is 19.1 Å². The number of aliphatic imine (C=N–C) groups is 2. The zero-order valence-corrected chi connectivity index (χ0v) is 27.4. The summed E-state index contributed by atoms with van der Waals surface area (Å²) in [4.78, 5) is 17.4. The normalized spacial score (nSPS) is 17.0. The van der Waals surface area contributed by atoms with Gasteiger partial charge in [-0.15, -0.1) is 0 Å². The Labute approximate surface area is 280 Å². The smallest absolute Gasteiger partial charge is 0.179 e. The molecule has 0 radical (unpaired) electrons. The third kappa shape index (κ3) is 4.93. The zero-order chi connectivity index (χ0) is 32.2. The number of rotatable bonds is 4. The fourth-order valence-electron chi connectivity index (χ4n) is 6.71. The van der Waals surface area contributed by atoms with Gasteiger partial charge in [0.05, 0.1) is 40.4 Å². The van der Waals surface area contributed by atoms with Crippen molar-refractivity contribution in [1.82, 2.24) is 14.7 Å². The molecule has 1 fully saturated rings. The SMILES string of the molecule is COc1cc(C2c3c(C)nn(-c4ccccc4)c3N=C3C(N4CCN(c5ccc(F)cc5)CC4)=Nc4ccccc4N32)cc(Br)c1O. The number of hydrogen-bond donors (Lipinski definition) is 1. The number of methoxy groups -OCH3 is 1. The highest BCUT2D eigenvalue weighted by atomic mass is 79.9. The maximum absolute atomic E-state index is 13.6. The van der Waals surface area contributed by atoms with Crippen LogP contribution in [0.25, 0.3) is 5.69 Å². The first kappa shape index (κ1) is 29.3. The summed E-state index contributed by atoms with van der Waals surface area (Å²) in [6, 6.07) is 28.2. The molecule has 0 spiro atoms. The summed E-state index contributed by atoms with van der Waals surface area (Å²) in [5, 5.41) is 15.8. The molecule has 3 aliphatic rings. The molecule has 1 saturated heterocycles. The molecule has 0 bridgehead atoms. The molecule has 8 rings (SSSR count). The van der Waals surface area contributed by atoms with Crippen molar-refractivity contribution in [3.8, 4) is 17.2 Å². The third-order valence-corrected chi connectivity index (χ3v) is 9.58. The van der Waals surface area contributed by atoms with Gasteiger partial charge < -0.3 is 24.5 Å². The first-order valence-electron chi connectivity index (χ1n) is 15.4. The number of aryl methyl sites for hydroxylation is 1. The number of phenolic OH excluding ortho intramolecular Hbond substituents is 1. The van der Waals surface area contributed by atoms with Crippen LogP contribution in [0.4, 0.5) is 27.3 Å². The van der Waals surface area contributed by atoms with Gasteiger partial charge in [-0.05, 0) is 89.1 Å². The van der Waals surface area contributed by atoms with Crippen LogP contribution in [0.2, 0.25) is 0 Å². The van der Waals surface area contributed by atoms with Gasteiger partial charge in [0, 0.05) is 37.4 Å². The van der Waals surface area contributed by atoms with Gasteiger partial charge in [-0.1, -0.05) is 30.3 Å². The zero-order valence-electron chi connectivity index (χ0n) is 25.8. The van der Waals surface area contributed by atoms with E-state index in [1.54, 1.807) is 7.11 Å². The van der Waals surface area contributed by atoms with E-state index in [0.29, 0.717) is 23.3 Å². The number of nitrogens with zero attached hydrogens (tertiary/aromatic N) is 7. The lowest BCUT2D eigenvalue weighted by Gasteiger charge is -2.44. The van der Waals surface area contributed by atoms with Crippen molar-refractivity contribution in [3.63, 3.8) is 0 Å². The van der Waals surface area contributed by atoms with Gasteiger partial charge in [0.2, 0.25) is 0 Å². The van der Waals surface area contributed by atoms with Crippen LogP contribution in [0.5, 0.6) is 11.5 Å². The van der Waals surface area contributed by atoms with E-state index in [1.165, 1.54) is 12.1 Å². The summed E-state index contributed by atoms with van der Waals surface area (Å²) in [6.45, 7) is 4.92. The van der Waals surface area contributed by atoms with E-state index in [1.807, 2.05) is 84.4 Å². The lowest BCUT2D eigenvalue weighted by atomic mass is 9.93. The lowest BCUT2D eigenvalue weighted by Crippen LogP contribution is -2.55. The molecule has 4 aromatic carbocycles. The molecular weight excluding hydrogens is 661 g/mol. The first-order valence-corrected chi connectivity index (χ1v) is 16.2. The molecule has 1 aromatic heterocycles. The highest BCUT2D eigenvalue weighted by molar-refractivity contribution is 9.10. The molecule has 4 heterocycles. The number of fused-ring (bicyclic) bond motifs is 4. The Morgan fingerprint density at radius 3 is 2.28 bits per heavy atom. The van der Waals surface area contributed by atoms with Crippen LogP contribution < -0.4 is 14.5 Å². The minimum Gasteiger partial charge on any atom is -0.503 e. The van der Waals surface area contributed by atoms with Gasteiger partial charge >= 0.3 is 0 Å². The molecule has 0 amide bonds. The molecule has 0 aliphatic carbocycles. The quantitative estimate of drug-likeness (QED) is 0.213. The lowest BCUT2D eigenvalue weighted by molar-refractivity contribution is 0.371. The van der Waals surface area contributed by atoms with Gasteiger partial charge in [0.15, 0.2) is 29.0 Å². The summed E-state index contributed by atoms with van der Waals surface area (Å²) in [5.74, 6) is 2.39. The van der Waals surface area contributed by atoms with Gasteiger partial charge in [-0.3, -0.25) is 0 Å². The topological polar surface area (TPSA) is 81.7 Å². The van der Waals surface area contributed by atoms with E-state index in [-0.39, 0.29) is 17.6 Å². The van der Waals surface area contributed by atoms with Crippen molar-refractivity contribution < 1.29 is 14.2 Å². The second kappa shape index (κ2) is 11.6. The summed E-state index contributed by atoms with van der Waals surface area (Å²) in [6.07, 6.45) is 0. The van der Waals surface area contributed by atoms with Crippen molar-refractivity contribution in [2.45, 2.75) is 13.0 Å². The van der Waals surface area contributed by atoms with Crippen LogP contribution in [0.1, 0.15) is 22.9 Å². The van der Waals surface area contributed by atoms with E-state index in [2.05, 4.69) is 36.7 Å². The number of phenols is 1. The van der Waals surface area contributed by atoms with Crippen LogP contribution in [0.3, 0.4) is 0 Å². The monoisotopic (exact) mass is 691 g/mol. The average molecular weight is 693 g/mol. The number of benzene rings is 4. The summed E-state index contributed by atoms with van der Waals surface area (Å²) in [5.41, 5.74) is 6.36. The number of para-hydroxylation sites is 3. The van der Waals surface area contributed by atoms with Crippen molar-refractivity contribution in [3.05, 3.63) is 118 Å². The number of aromatic hydroxyl groups is 1. The molecule has 1 atom stereocenters. The van der Waals surface area contributed by atoms with E-state index < -0.39 is 0 Å². The number of aromatic nitrogens is 2. The molecule has 3 aliphatic heterocycles. The summed E-state index contributed by atoms with van der Waals surface area (Å²) in [7, 11) is 1.55. The van der Waals surface area contributed by atoms with E-state index in [0.717, 1.165) is 70.1 Å². The summed E-state index contributed by atoms with van der Waals surface area (Å²) < 4.78 is 21.7. The Morgan fingerprint density at radius 1 is 0.830 bits per heavy atom. The predicted octanol–water partition coefficient (Wildman–Crippen LogP) is 7.30. The van der Waals surface area contributed by atoms with Crippen LogP contribution in [-0.4, -0.2) is 64.7 Å². The minimum atomic E-state index is -0.368. The standard InChI is InChI=1S/C36H31BrFN7O2/c1-22-31-32(23-20-27(37)33(46)30(21-23)47-2)44-29-11-7-6-10-28(29)39-35(36(44)40-34(31)45(41-22)26-8-4-3-5-9-26)43-18-16-42(17-19-43)25-14-12-24(38)13-15-25/h3-15,20-21,32,46H,16-19H2,1-2H3. The van der Waals surface area contributed by atoms with Crippen molar-refractivity contribution in [1.29, 1.82) is 0 Å². The minimum absolute atomic E-state index is 0.0400. The predicted molar refractivity (Wildman–Crippen MR) is 186 cm³/mol. The Hall–Kier alpha value is -5.16. The second-order valence-electron chi connectivity index (χ2n) is 11.7. The van der Waals surface area contributed by atoms with Crippen LogP contribution >= 0.6 is 15.9 Å². The second-order valence-corrected chi connectivity index (χ2v) is 12.6. The maximum Gasteiger partial charge on any atom is 0.179 e. The molecule has 11 heteroatoms. The number of hydrogen-bond acceptors (Lipinski definition) is 8. The Morgan fingerprint density at radius 2 is 1.53 bits per heavy atom. The molecule has 1 unspecified atom stereocenters. The molecule has 5 aromatic rings. The van der Waals surface area contributed by atoms with Gasteiger partial charge in [0.1, 0.15) is 5.82 Å². The Bertz CT molecular complexity index is 2050. The van der Waals surface area contributed by atoms with Crippen LogP contribution in [0, 0.1) is 12.7 Å². The number of anilines is 2. The Kier molecular flexibility index (Phi) is 7.20. The maximum atomic E-state index is 13.6. The van der Waals surface area contributed by atoms with Gasteiger partial charge in [-0.2, -0.15) is 5.10 Å². The number of amidine groups is 2. The van der Waals surface area contributed by atoms with E-state index in [9.17, 15) is 9.50 Å². The highest BCUT2D eigenvalue weighted by Gasteiger charge is 2.43. The highest BCUT2D eigenvalue weighted by Crippen LogP contribution is 2.50. The van der Waals surface area contributed by atoms with Crippen molar-refractivity contribution in [2.75, 3.05) is 43.1 Å². The largest absolute Gasteiger partial charge is 0.503 e. The summed E-state index contributed by atoms with van der Waals surface area (Å²) >= 11 is 3.57. The fourth-order valence-corrected chi connectivity index (χ4v) is 7.17. The fraction of sp³-hybridized carbons (Fsp3) is 0.194. The average Bonchev–Trinajstić information content (AvgIpc) is 3.44. The number of ether oxygens (including phenoxy) is 1. The number of piperazine rings is 1. The van der Waals surface area contributed by atoms with Crippen molar-refractivity contribution >= 4 is 50.5 Å². The molecular formula is C36H31BrFN7O2. The molecule has 236 valence electrons. The van der Waals surface area contributed by atoms with Crippen molar-refractivity contribution in [2.24, 2.45) is 9.98 Å². The molecule has 0 saturated carbocycles. The van der Waals surface area contributed by atoms with E-state index in [4.69, 9.17) is 19.8 Å². The molecule has 1 N–H and O–H groups in total. The third-order valence-electron chi connectivity index (χ3n) is 8.98. The van der Waals surface area contributed by atoms with E-state index >= 15 is 0 Å². The van der Waals surface area contributed by atoms with Crippen LogP contribution in [0.15, 0.2) is 105 Å².